The molecule has 0 fully saturated rings. The Bertz CT molecular complexity index is 615. The summed E-state index contributed by atoms with van der Waals surface area (Å²) in [5.74, 6) is 0. The van der Waals surface area contributed by atoms with Crippen molar-refractivity contribution in [3.05, 3.63) is 33.9 Å². The topological polar surface area (TPSA) is 119 Å². The smallest absolute Gasteiger partial charge is 0.102 e. The second-order valence-electron chi connectivity index (χ2n) is 2.66. The van der Waals surface area contributed by atoms with E-state index in [9.17, 15) is 0 Å². The van der Waals surface area contributed by atoms with Crippen LogP contribution in [0.15, 0.2) is 6.07 Å². The molecule has 0 saturated heterocycles. The Kier molecular flexibility index (Phi) is 2.86. The van der Waals surface area contributed by atoms with Crippen LogP contribution in [0.2, 0.25) is 0 Å². The van der Waals surface area contributed by atoms with E-state index in [-0.39, 0.29) is 27.8 Å². The van der Waals surface area contributed by atoms with Crippen molar-refractivity contribution in [3.63, 3.8) is 0 Å². The fourth-order valence-corrected chi connectivity index (χ4v) is 1.20. The number of nitriles is 5. The van der Waals surface area contributed by atoms with Crippen LogP contribution in [0.1, 0.15) is 27.8 Å². The molecule has 1 aromatic rings. The first-order valence-corrected chi connectivity index (χ1v) is 3.95. The highest BCUT2D eigenvalue weighted by atomic mass is 14.3. The van der Waals surface area contributed by atoms with Crippen LogP contribution in [-0.2, 0) is 0 Å². The molecule has 5 nitrogen and oxygen atoms in total. The molecular weight excluding hydrogens is 202 g/mol. The minimum Gasteiger partial charge on any atom is -0.192 e. The Labute approximate surface area is 91.2 Å². The third-order valence-electron chi connectivity index (χ3n) is 1.90. The Balaban J connectivity index is 3.93. The average Bonchev–Trinajstić information content (AvgIpc) is 2.35. The summed E-state index contributed by atoms with van der Waals surface area (Å²) < 4.78 is 0. The number of benzene rings is 1. The predicted octanol–water partition coefficient (Wildman–Crippen LogP) is 1.04. The van der Waals surface area contributed by atoms with Gasteiger partial charge in [0.25, 0.3) is 0 Å². The second-order valence-corrected chi connectivity index (χ2v) is 2.66. The highest BCUT2D eigenvalue weighted by molar-refractivity contribution is 5.66. The van der Waals surface area contributed by atoms with E-state index in [4.69, 9.17) is 26.3 Å². The second kappa shape index (κ2) is 4.26. The van der Waals surface area contributed by atoms with E-state index in [0.717, 1.165) is 6.07 Å². The van der Waals surface area contributed by atoms with Crippen LogP contribution in [0.4, 0.5) is 0 Å². The van der Waals surface area contributed by atoms with E-state index in [1.54, 1.807) is 30.3 Å². The molecule has 0 aliphatic carbocycles. The zero-order valence-electron chi connectivity index (χ0n) is 7.81. The summed E-state index contributed by atoms with van der Waals surface area (Å²) >= 11 is 0. The molecule has 0 atom stereocenters. The SMILES string of the molecule is N#Cc1cc(C#N)c(C#N)c(C#N)c1C#N. The molecule has 0 spiro atoms. The van der Waals surface area contributed by atoms with Crippen molar-refractivity contribution in [1.29, 1.82) is 26.3 Å². The molecule has 1 rings (SSSR count). The van der Waals surface area contributed by atoms with Gasteiger partial charge in [0.1, 0.15) is 30.3 Å². The van der Waals surface area contributed by atoms with Gasteiger partial charge in [0.05, 0.1) is 27.8 Å². The van der Waals surface area contributed by atoms with E-state index in [0.29, 0.717) is 0 Å². The largest absolute Gasteiger partial charge is 0.192 e. The van der Waals surface area contributed by atoms with Crippen molar-refractivity contribution in [3.8, 4) is 30.3 Å². The molecule has 0 heterocycles. The zero-order chi connectivity index (χ0) is 12.1. The molecule has 0 saturated carbocycles. The van der Waals surface area contributed by atoms with Gasteiger partial charge < -0.3 is 0 Å². The van der Waals surface area contributed by atoms with Crippen molar-refractivity contribution in [2.45, 2.75) is 0 Å². The van der Waals surface area contributed by atoms with Gasteiger partial charge in [-0.15, -0.1) is 0 Å². The van der Waals surface area contributed by atoms with Gasteiger partial charge >= 0.3 is 0 Å². The monoisotopic (exact) mass is 203 g/mol. The van der Waals surface area contributed by atoms with Gasteiger partial charge in [-0.25, -0.2) is 0 Å². The van der Waals surface area contributed by atoms with Crippen LogP contribution in [-0.4, -0.2) is 0 Å². The first-order valence-electron chi connectivity index (χ1n) is 3.95. The molecule has 0 aromatic heterocycles. The van der Waals surface area contributed by atoms with E-state index >= 15 is 0 Å². The lowest BCUT2D eigenvalue weighted by atomic mass is 9.94. The first-order chi connectivity index (χ1) is 7.73. The number of hydrogen-bond donors (Lipinski definition) is 0. The summed E-state index contributed by atoms with van der Waals surface area (Å²) in [5, 5.41) is 43.9. The summed E-state index contributed by atoms with van der Waals surface area (Å²) in [4.78, 5) is 0. The van der Waals surface area contributed by atoms with Gasteiger partial charge in [-0.2, -0.15) is 26.3 Å². The van der Waals surface area contributed by atoms with Crippen LogP contribution in [0, 0.1) is 56.7 Å². The average molecular weight is 203 g/mol. The number of hydrogen-bond acceptors (Lipinski definition) is 5. The first kappa shape index (κ1) is 10.7. The molecule has 0 bridgehead atoms. The lowest BCUT2D eigenvalue weighted by Gasteiger charge is -2.01. The van der Waals surface area contributed by atoms with Gasteiger partial charge in [0.15, 0.2) is 0 Å². The molecule has 0 amide bonds. The highest BCUT2D eigenvalue weighted by Crippen LogP contribution is 2.21. The van der Waals surface area contributed by atoms with Crippen molar-refractivity contribution in [2.24, 2.45) is 0 Å². The Hall–Kier alpha value is -3.33. The molecule has 0 aliphatic rings. The lowest BCUT2D eigenvalue weighted by molar-refractivity contribution is 1.34. The van der Waals surface area contributed by atoms with Crippen LogP contribution in [0.5, 0.6) is 0 Å². The van der Waals surface area contributed by atoms with Crippen LogP contribution in [0.3, 0.4) is 0 Å². The fraction of sp³-hybridized carbons (Fsp3) is 0. The molecular formula is C11HN5. The van der Waals surface area contributed by atoms with Crippen LogP contribution < -0.4 is 0 Å². The summed E-state index contributed by atoms with van der Waals surface area (Å²) in [6, 6.07) is 9.60. The maximum Gasteiger partial charge on any atom is 0.102 e. The van der Waals surface area contributed by atoms with Crippen LogP contribution in [0.25, 0.3) is 0 Å². The number of rotatable bonds is 0. The van der Waals surface area contributed by atoms with Gasteiger partial charge in [-0.3, -0.25) is 0 Å². The van der Waals surface area contributed by atoms with Crippen molar-refractivity contribution in [2.75, 3.05) is 0 Å². The van der Waals surface area contributed by atoms with Crippen molar-refractivity contribution in [1.82, 2.24) is 0 Å². The van der Waals surface area contributed by atoms with Crippen molar-refractivity contribution < 1.29 is 0 Å². The molecule has 0 N–H and O–H groups in total. The van der Waals surface area contributed by atoms with Gasteiger partial charge in [0, 0.05) is 0 Å². The normalized spacial score (nSPS) is 7.69. The summed E-state index contributed by atoms with van der Waals surface area (Å²) in [7, 11) is 0. The van der Waals surface area contributed by atoms with Gasteiger partial charge in [0.2, 0.25) is 0 Å². The minimum absolute atomic E-state index is 0.0744. The van der Waals surface area contributed by atoms with Crippen LogP contribution >= 0.6 is 0 Å². The minimum atomic E-state index is -0.222. The molecule has 16 heavy (non-hydrogen) atoms. The maximum atomic E-state index is 8.83. The van der Waals surface area contributed by atoms with E-state index < -0.39 is 0 Å². The third kappa shape index (κ3) is 1.40. The number of nitrogens with zero attached hydrogens (tertiary/aromatic N) is 5. The third-order valence-corrected chi connectivity index (χ3v) is 1.90. The van der Waals surface area contributed by atoms with Gasteiger partial charge in [-0.05, 0) is 6.07 Å². The highest BCUT2D eigenvalue weighted by Gasteiger charge is 2.17. The Morgan fingerprint density at radius 1 is 0.562 bits per heavy atom. The maximum absolute atomic E-state index is 8.83. The molecule has 0 unspecified atom stereocenters. The molecule has 1 aromatic carbocycles. The Morgan fingerprint density at radius 3 is 1.19 bits per heavy atom. The lowest BCUT2D eigenvalue weighted by Crippen LogP contribution is -1.98. The standard InChI is InChI=1S/C11HN5/c12-2-7-1-8(3-13)10(5-15)11(6-16)9(7)4-14/h1H. The molecule has 70 valence electrons. The van der Waals surface area contributed by atoms with Gasteiger partial charge in [-0.1, -0.05) is 0 Å². The van der Waals surface area contributed by atoms with Crippen molar-refractivity contribution >= 4 is 0 Å². The van der Waals surface area contributed by atoms with E-state index in [1.165, 1.54) is 0 Å². The molecule has 0 aliphatic heterocycles. The molecule has 5 heteroatoms. The van der Waals surface area contributed by atoms with E-state index in [1.807, 2.05) is 0 Å². The summed E-state index contributed by atoms with van der Waals surface area (Å²) in [5.41, 5.74) is -0.703. The quantitative estimate of drug-likeness (QED) is 0.623. The summed E-state index contributed by atoms with van der Waals surface area (Å²) in [6.07, 6.45) is 0. The zero-order valence-corrected chi connectivity index (χ0v) is 7.81. The Morgan fingerprint density at radius 2 is 0.938 bits per heavy atom. The molecule has 0 radical (unpaired) electrons. The van der Waals surface area contributed by atoms with E-state index in [2.05, 4.69) is 0 Å². The predicted molar refractivity (Wildman–Crippen MR) is 50.0 cm³/mol. The summed E-state index contributed by atoms with van der Waals surface area (Å²) in [6.45, 7) is 0. The fourth-order valence-electron chi connectivity index (χ4n) is 1.20.